The molecule has 0 aliphatic rings. The van der Waals surface area contributed by atoms with Crippen LogP contribution < -0.4 is 5.32 Å². The predicted molar refractivity (Wildman–Crippen MR) is 75.1 cm³/mol. The summed E-state index contributed by atoms with van der Waals surface area (Å²) < 4.78 is 0. The molecule has 0 heterocycles. The fraction of sp³-hybridized carbons (Fsp3) is 0.933. The van der Waals surface area contributed by atoms with Gasteiger partial charge in [0, 0.05) is 12.0 Å². The molecule has 0 spiro atoms. The van der Waals surface area contributed by atoms with E-state index in [9.17, 15) is 4.79 Å². The van der Waals surface area contributed by atoms with E-state index in [1.165, 1.54) is 44.9 Å². The predicted octanol–water partition coefficient (Wildman–Crippen LogP) is 4.29. The van der Waals surface area contributed by atoms with Crippen molar-refractivity contribution in [3.63, 3.8) is 0 Å². The average molecular weight is 241 g/mol. The van der Waals surface area contributed by atoms with E-state index < -0.39 is 0 Å². The van der Waals surface area contributed by atoms with Gasteiger partial charge in [-0.15, -0.1) is 0 Å². The van der Waals surface area contributed by atoms with Crippen LogP contribution in [0.25, 0.3) is 0 Å². The van der Waals surface area contributed by atoms with Crippen molar-refractivity contribution < 1.29 is 4.79 Å². The molecular weight excluding hydrogens is 210 g/mol. The normalized spacial score (nSPS) is 11.5. The Morgan fingerprint density at radius 2 is 1.35 bits per heavy atom. The van der Waals surface area contributed by atoms with Crippen LogP contribution in [0.15, 0.2) is 0 Å². The highest BCUT2D eigenvalue weighted by Gasteiger charge is 2.19. The van der Waals surface area contributed by atoms with Gasteiger partial charge < -0.3 is 5.32 Å². The standard InChI is InChI=1S/C15H31NO/c1-5-6-7-8-9-10-11-12-13-16-14(17)15(2,3)4/h5-13H2,1-4H3,(H,16,17). The van der Waals surface area contributed by atoms with Crippen molar-refractivity contribution in [2.24, 2.45) is 5.41 Å². The van der Waals surface area contributed by atoms with Gasteiger partial charge in [-0.25, -0.2) is 0 Å². The first kappa shape index (κ1) is 16.5. The van der Waals surface area contributed by atoms with Crippen LogP contribution in [0.1, 0.15) is 79.1 Å². The molecule has 0 saturated heterocycles. The number of carbonyl (C=O) groups excluding carboxylic acids is 1. The maximum absolute atomic E-state index is 11.6. The van der Waals surface area contributed by atoms with Crippen LogP contribution in [-0.4, -0.2) is 12.5 Å². The van der Waals surface area contributed by atoms with Crippen LogP contribution in [0.4, 0.5) is 0 Å². The van der Waals surface area contributed by atoms with Crippen LogP contribution in [0.2, 0.25) is 0 Å². The van der Waals surface area contributed by atoms with E-state index in [4.69, 9.17) is 0 Å². The summed E-state index contributed by atoms with van der Waals surface area (Å²) in [5.74, 6) is 0.167. The third-order valence-corrected chi connectivity index (χ3v) is 3.00. The Balaban J connectivity index is 3.22. The molecule has 0 unspecified atom stereocenters. The van der Waals surface area contributed by atoms with E-state index in [0.29, 0.717) is 0 Å². The summed E-state index contributed by atoms with van der Waals surface area (Å²) in [4.78, 5) is 11.6. The van der Waals surface area contributed by atoms with Crippen molar-refractivity contribution >= 4 is 5.91 Å². The first-order chi connectivity index (χ1) is 7.98. The number of amides is 1. The zero-order valence-electron chi connectivity index (χ0n) is 12.3. The minimum atomic E-state index is -0.250. The van der Waals surface area contributed by atoms with Crippen molar-refractivity contribution in [2.45, 2.75) is 79.1 Å². The van der Waals surface area contributed by atoms with Gasteiger partial charge in [0.1, 0.15) is 0 Å². The van der Waals surface area contributed by atoms with Crippen molar-refractivity contribution in [2.75, 3.05) is 6.54 Å². The number of carbonyl (C=O) groups is 1. The Labute approximate surface area is 108 Å². The summed E-state index contributed by atoms with van der Waals surface area (Å²) in [6.45, 7) is 8.95. The van der Waals surface area contributed by atoms with Gasteiger partial charge >= 0.3 is 0 Å². The zero-order chi connectivity index (χ0) is 13.1. The van der Waals surface area contributed by atoms with Gasteiger partial charge in [0.05, 0.1) is 0 Å². The third kappa shape index (κ3) is 10.3. The lowest BCUT2D eigenvalue weighted by atomic mass is 9.96. The maximum atomic E-state index is 11.6. The Bertz CT molecular complexity index is 194. The summed E-state index contributed by atoms with van der Waals surface area (Å²) in [7, 11) is 0. The molecule has 0 aromatic rings. The van der Waals surface area contributed by atoms with Crippen molar-refractivity contribution in [3.05, 3.63) is 0 Å². The molecule has 0 bridgehead atoms. The second-order valence-electron chi connectivity index (χ2n) is 5.98. The zero-order valence-corrected chi connectivity index (χ0v) is 12.3. The van der Waals surface area contributed by atoms with Crippen molar-refractivity contribution in [3.8, 4) is 0 Å². The van der Waals surface area contributed by atoms with Gasteiger partial charge in [-0.05, 0) is 6.42 Å². The van der Waals surface area contributed by atoms with Crippen LogP contribution in [0.3, 0.4) is 0 Å². The molecule has 1 N–H and O–H groups in total. The molecule has 0 saturated carbocycles. The minimum Gasteiger partial charge on any atom is -0.356 e. The van der Waals surface area contributed by atoms with E-state index in [0.717, 1.165) is 13.0 Å². The van der Waals surface area contributed by atoms with E-state index in [-0.39, 0.29) is 11.3 Å². The number of hydrogen-bond donors (Lipinski definition) is 1. The summed E-state index contributed by atoms with van der Waals surface area (Å²) in [5.41, 5.74) is -0.250. The molecule has 1 amide bonds. The van der Waals surface area contributed by atoms with Crippen molar-refractivity contribution in [1.29, 1.82) is 0 Å². The van der Waals surface area contributed by atoms with E-state index in [1.54, 1.807) is 0 Å². The monoisotopic (exact) mass is 241 g/mol. The highest BCUT2D eigenvalue weighted by molar-refractivity contribution is 5.81. The maximum Gasteiger partial charge on any atom is 0.225 e. The quantitative estimate of drug-likeness (QED) is 0.599. The van der Waals surface area contributed by atoms with Crippen LogP contribution >= 0.6 is 0 Å². The molecular formula is C15H31NO. The summed E-state index contributed by atoms with van der Waals surface area (Å²) in [5, 5.41) is 2.99. The Morgan fingerprint density at radius 3 is 1.82 bits per heavy atom. The summed E-state index contributed by atoms with van der Waals surface area (Å²) in [6, 6.07) is 0. The fourth-order valence-corrected chi connectivity index (χ4v) is 1.73. The Kier molecular flexibility index (Phi) is 9.20. The first-order valence-corrected chi connectivity index (χ1v) is 7.26. The Morgan fingerprint density at radius 1 is 0.882 bits per heavy atom. The van der Waals surface area contributed by atoms with Gasteiger partial charge in [0.15, 0.2) is 0 Å². The molecule has 0 fully saturated rings. The number of nitrogens with one attached hydrogen (secondary N) is 1. The van der Waals surface area contributed by atoms with Gasteiger partial charge in [0.2, 0.25) is 5.91 Å². The molecule has 102 valence electrons. The molecule has 0 aliphatic heterocycles. The summed E-state index contributed by atoms with van der Waals surface area (Å²) in [6.07, 6.45) is 10.5. The largest absolute Gasteiger partial charge is 0.356 e. The van der Waals surface area contributed by atoms with Crippen LogP contribution in [0, 0.1) is 5.41 Å². The van der Waals surface area contributed by atoms with E-state index in [2.05, 4.69) is 12.2 Å². The fourth-order valence-electron chi connectivity index (χ4n) is 1.73. The number of rotatable bonds is 9. The molecule has 0 radical (unpaired) electrons. The molecule has 0 rings (SSSR count). The smallest absolute Gasteiger partial charge is 0.225 e. The minimum absolute atomic E-state index is 0.167. The van der Waals surface area contributed by atoms with Crippen molar-refractivity contribution in [1.82, 2.24) is 5.32 Å². The lowest BCUT2D eigenvalue weighted by Gasteiger charge is -2.17. The topological polar surface area (TPSA) is 29.1 Å². The second kappa shape index (κ2) is 9.49. The molecule has 0 aliphatic carbocycles. The lowest BCUT2D eigenvalue weighted by Crippen LogP contribution is -2.35. The molecule has 2 nitrogen and oxygen atoms in total. The lowest BCUT2D eigenvalue weighted by molar-refractivity contribution is -0.128. The summed E-state index contributed by atoms with van der Waals surface area (Å²) >= 11 is 0. The van der Waals surface area contributed by atoms with Crippen LogP contribution in [-0.2, 0) is 4.79 Å². The molecule has 0 atom stereocenters. The SMILES string of the molecule is CCCCCCCCCCNC(=O)C(C)(C)C. The molecule has 0 aromatic heterocycles. The molecule has 2 heteroatoms. The molecule has 0 aromatic carbocycles. The highest BCUT2D eigenvalue weighted by Crippen LogP contribution is 2.12. The van der Waals surface area contributed by atoms with E-state index in [1.807, 2.05) is 20.8 Å². The number of hydrogen-bond acceptors (Lipinski definition) is 1. The molecule has 17 heavy (non-hydrogen) atoms. The Hall–Kier alpha value is -0.530. The van der Waals surface area contributed by atoms with Crippen LogP contribution in [0.5, 0.6) is 0 Å². The third-order valence-electron chi connectivity index (χ3n) is 3.00. The number of unbranched alkanes of at least 4 members (excludes halogenated alkanes) is 7. The van der Waals surface area contributed by atoms with Gasteiger partial charge in [-0.2, -0.15) is 0 Å². The van der Waals surface area contributed by atoms with Gasteiger partial charge in [-0.3, -0.25) is 4.79 Å². The van der Waals surface area contributed by atoms with Gasteiger partial charge in [0.25, 0.3) is 0 Å². The van der Waals surface area contributed by atoms with Gasteiger partial charge in [-0.1, -0.05) is 72.6 Å². The average Bonchev–Trinajstić information content (AvgIpc) is 2.25. The highest BCUT2D eigenvalue weighted by atomic mass is 16.2. The first-order valence-electron chi connectivity index (χ1n) is 7.26. The second-order valence-corrected chi connectivity index (χ2v) is 5.98. The van der Waals surface area contributed by atoms with E-state index >= 15 is 0 Å².